The van der Waals surface area contributed by atoms with E-state index in [1.807, 2.05) is 60.4 Å². The van der Waals surface area contributed by atoms with Crippen LogP contribution in [0.3, 0.4) is 0 Å². The molecule has 7 nitrogen and oxygen atoms in total. The summed E-state index contributed by atoms with van der Waals surface area (Å²) in [5.41, 5.74) is 2.43. The molecule has 1 saturated carbocycles. The van der Waals surface area contributed by atoms with E-state index >= 15 is 0 Å². The summed E-state index contributed by atoms with van der Waals surface area (Å²) in [6.45, 7) is 3.28. The average Bonchev–Trinajstić information content (AvgIpc) is 3.51. The number of aryl methyl sites for hydroxylation is 1. The molecule has 1 amide bonds. The SMILES string of the molecule is COCCN(Cc1c(C)nn(-c2ccc(Cl)cc2)c1Oc1ccccc1OC)C(=O)C1CCCC1. The molecule has 0 N–H and O–H groups in total. The number of methoxy groups -OCH3 is 2. The van der Waals surface area contributed by atoms with Crippen molar-refractivity contribution in [1.82, 2.24) is 14.7 Å². The van der Waals surface area contributed by atoms with E-state index in [2.05, 4.69) is 0 Å². The summed E-state index contributed by atoms with van der Waals surface area (Å²) in [6.07, 6.45) is 4.08. The Kier molecular flexibility index (Phi) is 8.31. The monoisotopic (exact) mass is 497 g/mol. The Bertz CT molecular complexity index is 1140. The van der Waals surface area contributed by atoms with Gasteiger partial charge in [0.15, 0.2) is 11.5 Å². The number of para-hydroxylation sites is 2. The van der Waals surface area contributed by atoms with Crippen molar-refractivity contribution in [3.05, 3.63) is 64.8 Å². The summed E-state index contributed by atoms with van der Waals surface area (Å²) in [7, 11) is 3.26. The van der Waals surface area contributed by atoms with Gasteiger partial charge < -0.3 is 19.1 Å². The van der Waals surface area contributed by atoms with Gasteiger partial charge in [-0.15, -0.1) is 0 Å². The van der Waals surface area contributed by atoms with E-state index in [1.165, 1.54) is 0 Å². The number of carbonyl (C=O) groups is 1. The lowest BCUT2D eigenvalue weighted by atomic mass is 10.1. The number of carbonyl (C=O) groups excluding carboxylic acids is 1. The molecule has 0 unspecified atom stereocenters. The van der Waals surface area contributed by atoms with E-state index in [0.717, 1.165) is 42.6 Å². The Morgan fingerprint density at radius 3 is 2.43 bits per heavy atom. The summed E-state index contributed by atoms with van der Waals surface area (Å²) in [5.74, 6) is 1.95. The molecule has 0 bridgehead atoms. The van der Waals surface area contributed by atoms with Gasteiger partial charge in [-0.3, -0.25) is 4.79 Å². The van der Waals surface area contributed by atoms with Crippen molar-refractivity contribution in [3.63, 3.8) is 0 Å². The minimum atomic E-state index is 0.0667. The topological polar surface area (TPSA) is 65.8 Å². The highest BCUT2D eigenvalue weighted by Gasteiger charge is 2.30. The van der Waals surface area contributed by atoms with Crippen molar-refractivity contribution in [2.75, 3.05) is 27.4 Å². The molecule has 8 heteroatoms. The van der Waals surface area contributed by atoms with Crippen LogP contribution in [0.25, 0.3) is 5.69 Å². The van der Waals surface area contributed by atoms with Crippen molar-refractivity contribution in [1.29, 1.82) is 0 Å². The minimum Gasteiger partial charge on any atom is -0.493 e. The largest absolute Gasteiger partial charge is 0.493 e. The third-order valence-corrected chi connectivity index (χ3v) is 6.67. The number of halogens is 1. The summed E-state index contributed by atoms with van der Waals surface area (Å²) >= 11 is 6.13. The summed E-state index contributed by atoms with van der Waals surface area (Å²) in [5, 5.41) is 5.43. The maximum atomic E-state index is 13.4. The minimum absolute atomic E-state index is 0.0667. The first-order valence-electron chi connectivity index (χ1n) is 11.9. The number of aromatic nitrogens is 2. The molecule has 2 aromatic carbocycles. The maximum absolute atomic E-state index is 13.4. The second kappa shape index (κ2) is 11.6. The van der Waals surface area contributed by atoms with Gasteiger partial charge in [0, 0.05) is 24.6 Å². The van der Waals surface area contributed by atoms with Gasteiger partial charge in [-0.2, -0.15) is 5.10 Å². The number of ether oxygens (including phenoxy) is 3. The number of amides is 1. The highest BCUT2D eigenvalue weighted by Crippen LogP contribution is 2.36. The number of nitrogens with zero attached hydrogens (tertiary/aromatic N) is 3. The molecule has 1 aliphatic rings. The predicted molar refractivity (Wildman–Crippen MR) is 136 cm³/mol. The van der Waals surface area contributed by atoms with Crippen molar-refractivity contribution in [3.8, 4) is 23.1 Å². The van der Waals surface area contributed by atoms with Crippen LogP contribution in [0.1, 0.15) is 36.9 Å². The smallest absolute Gasteiger partial charge is 0.228 e. The number of hydrogen-bond donors (Lipinski definition) is 0. The average molecular weight is 498 g/mol. The van der Waals surface area contributed by atoms with Crippen LogP contribution in [0.15, 0.2) is 48.5 Å². The molecule has 35 heavy (non-hydrogen) atoms. The third kappa shape index (κ3) is 5.80. The first kappa shape index (κ1) is 25.1. The van der Waals surface area contributed by atoms with Gasteiger partial charge in [0.05, 0.1) is 37.2 Å². The van der Waals surface area contributed by atoms with E-state index in [9.17, 15) is 4.79 Å². The fourth-order valence-corrected chi connectivity index (χ4v) is 4.61. The molecule has 1 heterocycles. The van der Waals surface area contributed by atoms with Gasteiger partial charge in [-0.25, -0.2) is 4.68 Å². The third-order valence-electron chi connectivity index (χ3n) is 6.41. The van der Waals surface area contributed by atoms with Crippen molar-refractivity contribution < 1.29 is 19.0 Å². The van der Waals surface area contributed by atoms with Crippen LogP contribution in [0.4, 0.5) is 0 Å². The summed E-state index contributed by atoms with van der Waals surface area (Å²) in [4.78, 5) is 15.3. The molecule has 3 aromatic rings. The fraction of sp³-hybridized carbons (Fsp3) is 0.407. The Hall–Kier alpha value is -3.03. The van der Waals surface area contributed by atoms with Crippen LogP contribution in [0, 0.1) is 12.8 Å². The fourth-order valence-electron chi connectivity index (χ4n) is 4.48. The van der Waals surface area contributed by atoms with Crippen LogP contribution in [0.2, 0.25) is 5.02 Å². The zero-order valence-corrected chi connectivity index (χ0v) is 21.3. The van der Waals surface area contributed by atoms with Crippen LogP contribution in [-0.4, -0.2) is 48.0 Å². The molecule has 1 fully saturated rings. The molecule has 1 aromatic heterocycles. The Morgan fingerprint density at radius 2 is 1.77 bits per heavy atom. The molecular formula is C27H32ClN3O4. The molecule has 4 rings (SSSR count). The van der Waals surface area contributed by atoms with Crippen molar-refractivity contribution in [2.24, 2.45) is 5.92 Å². The van der Waals surface area contributed by atoms with Crippen LogP contribution in [0.5, 0.6) is 17.4 Å². The van der Waals surface area contributed by atoms with E-state index in [0.29, 0.717) is 42.1 Å². The van der Waals surface area contributed by atoms with E-state index < -0.39 is 0 Å². The Balaban J connectivity index is 1.75. The van der Waals surface area contributed by atoms with Gasteiger partial charge >= 0.3 is 0 Å². The Labute approximate surface area is 211 Å². The van der Waals surface area contributed by atoms with Crippen LogP contribution in [-0.2, 0) is 16.1 Å². The second-order valence-corrected chi connectivity index (χ2v) is 9.18. The van der Waals surface area contributed by atoms with Gasteiger partial charge in [0.2, 0.25) is 11.8 Å². The first-order valence-corrected chi connectivity index (χ1v) is 12.3. The van der Waals surface area contributed by atoms with Gasteiger partial charge in [-0.05, 0) is 56.2 Å². The molecule has 0 saturated heterocycles. The predicted octanol–water partition coefficient (Wildman–Crippen LogP) is 5.80. The normalized spacial score (nSPS) is 13.7. The maximum Gasteiger partial charge on any atom is 0.228 e. The molecule has 0 aliphatic heterocycles. The quantitative estimate of drug-likeness (QED) is 0.354. The number of rotatable bonds is 10. The van der Waals surface area contributed by atoms with Crippen LogP contribution >= 0.6 is 11.6 Å². The zero-order valence-electron chi connectivity index (χ0n) is 20.5. The molecular weight excluding hydrogens is 466 g/mol. The Morgan fingerprint density at radius 1 is 1.09 bits per heavy atom. The van der Waals surface area contributed by atoms with Crippen molar-refractivity contribution >= 4 is 17.5 Å². The highest BCUT2D eigenvalue weighted by atomic mass is 35.5. The molecule has 186 valence electrons. The standard InChI is InChI=1S/C27H32ClN3O4/c1-19-23(18-30(16-17-33-2)26(32)20-8-4-5-9-20)27(35-25-11-7-6-10-24(25)34-3)31(29-19)22-14-12-21(28)13-15-22/h6-7,10-15,20H,4-5,8-9,16-18H2,1-3H3. The molecule has 0 spiro atoms. The van der Waals surface area contributed by atoms with E-state index in [4.69, 9.17) is 30.9 Å². The van der Waals surface area contributed by atoms with Gasteiger partial charge in [-0.1, -0.05) is 36.6 Å². The lowest BCUT2D eigenvalue weighted by Gasteiger charge is -2.26. The summed E-state index contributed by atoms with van der Waals surface area (Å²) in [6, 6.07) is 14.9. The van der Waals surface area contributed by atoms with Crippen molar-refractivity contribution in [2.45, 2.75) is 39.2 Å². The van der Waals surface area contributed by atoms with E-state index in [1.54, 1.807) is 18.9 Å². The molecule has 1 aliphatic carbocycles. The number of benzene rings is 2. The first-order chi connectivity index (χ1) is 17.0. The highest BCUT2D eigenvalue weighted by molar-refractivity contribution is 6.30. The molecule has 0 atom stereocenters. The van der Waals surface area contributed by atoms with Gasteiger partial charge in [0.1, 0.15) is 0 Å². The zero-order chi connectivity index (χ0) is 24.8. The lowest BCUT2D eigenvalue weighted by Crippen LogP contribution is -2.37. The molecule has 0 radical (unpaired) electrons. The van der Waals surface area contributed by atoms with E-state index in [-0.39, 0.29) is 11.8 Å². The van der Waals surface area contributed by atoms with Gasteiger partial charge in [0.25, 0.3) is 0 Å². The van der Waals surface area contributed by atoms with Crippen LogP contribution < -0.4 is 9.47 Å². The summed E-state index contributed by atoms with van der Waals surface area (Å²) < 4.78 is 19.0. The lowest BCUT2D eigenvalue weighted by molar-refractivity contribution is -0.136. The second-order valence-electron chi connectivity index (χ2n) is 8.74. The number of hydrogen-bond acceptors (Lipinski definition) is 5.